The molecule has 1 saturated heterocycles. The first-order valence-corrected chi connectivity index (χ1v) is 10.1. The first kappa shape index (κ1) is 18.9. The van der Waals surface area contributed by atoms with Gasteiger partial charge in [0.1, 0.15) is 23.9 Å². The van der Waals surface area contributed by atoms with Gasteiger partial charge < -0.3 is 23.7 Å². The van der Waals surface area contributed by atoms with Crippen LogP contribution in [0.5, 0.6) is 11.5 Å². The van der Waals surface area contributed by atoms with Crippen LogP contribution in [0.25, 0.3) is 0 Å². The number of methoxy groups -OCH3 is 1. The van der Waals surface area contributed by atoms with Gasteiger partial charge in [0.15, 0.2) is 5.76 Å². The smallest absolute Gasteiger partial charge is 0.289 e. The zero-order valence-electron chi connectivity index (χ0n) is 16.4. The van der Waals surface area contributed by atoms with Crippen molar-refractivity contribution >= 4 is 5.91 Å². The van der Waals surface area contributed by atoms with Gasteiger partial charge in [-0.15, -0.1) is 0 Å². The number of furan rings is 1. The first-order chi connectivity index (χ1) is 13.7. The summed E-state index contributed by atoms with van der Waals surface area (Å²) in [5.74, 6) is 3.33. The summed E-state index contributed by atoms with van der Waals surface area (Å²) in [6.45, 7) is 5.05. The van der Waals surface area contributed by atoms with Gasteiger partial charge in [-0.05, 0) is 56.0 Å². The number of rotatable bonds is 7. The van der Waals surface area contributed by atoms with Gasteiger partial charge in [-0.2, -0.15) is 0 Å². The van der Waals surface area contributed by atoms with Crippen molar-refractivity contribution in [3.8, 4) is 11.5 Å². The van der Waals surface area contributed by atoms with Gasteiger partial charge in [-0.3, -0.25) is 4.79 Å². The number of carbonyl (C=O) groups is 1. The van der Waals surface area contributed by atoms with E-state index in [9.17, 15) is 4.79 Å². The fourth-order valence-corrected chi connectivity index (χ4v) is 3.59. The maximum absolute atomic E-state index is 12.8. The molecule has 1 aliphatic heterocycles. The van der Waals surface area contributed by atoms with Crippen LogP contribution in [0.1, 0.15) is 35.6 Å². The largest absolute Gasteiger partial charge is 0.497 e. The van der Waals surface area contributed by atoms with Crippen molar-refractivity contribution in [2.75, 3.05) is 39.8 Å². The van der Waals surface area contributed by atoms with E-state index in [1.807, 2.05) is 35.2 Å². The van der Waals surface area contributed by atoms with Crippen LogP contribution in [-0.2, 0) is 6.61 Å². The van der Waals surface area contributed by atoms with Crippen molar-refractivity contribution in [2.24, 2.45) is 5.92 Å². The second kappa shape index (κ2) is 8.69. The van der Waals surface area contributed by atoms with E-state index in [2.05, 4.69) is 4.90 Å². The highest BCUT2D eigenvalue weighted by molar-refractivity contribution is 5.91. The van der Waals surface area contributed by atoms with E-state index in [-0.39, 0.29) is 12.5 Å². The van der Waals surface area contributed by atoms with Gasteiger partial charge in [-0.1, -0.05) is 6.07 Å². The lowest BCUT2D eigenvalue weighted by atomic mass is 10.3. The predicted molar refractivity (Wildman–Crippen MR) is 106 cm³/mol. The molecular weight excluding hydrogens is 356 g/mol. The third kappa shape index (κ3) is 4.87. The summed E-state index contributed by atoms with van der Waals surface area (Å²) in [6.07, 6.45) is 3.75. The molecule has 2 fully saturated rings. The molecule has 6 nitrogen and oxygen atoms in total. The minimum atomic E-state index is -0.0269. The lowest BCUT2D eigenvalue weighted by Crippen LogP contribution is -2.35. The van der Waals surface area contributed by atoms with Gasteiger partial charge in [0, 0.05) is 32.2 Å². The molecule has 2 heterocycles. The van der Waals surface area contributed by atoms with Crippen LogP contribution in [0.3, 0.4) is 0 Å². The van der Waals surface area contributed by atoms with Gasteiger partial charge in [0.2, 0.25) is 0 Å². The summed E-state index contributed by atoms with van der Waals surface area (Å²) in [7, 11) is 1.62. The third-order valence-electron chi connectivity index (χ3n) is 5.38. The van der Waals surface area contributed by atoms with E-state index in [1.165, 1.54) is 19.4 Å². The quantitative estimate of drug-likeness (QED) is 0.732. The lowest BCUT2D eigenvalue weighted by Gasteiger charge is -2.21. The molecule has 2 aromatic rings. The van der Waals surface area contributed by atoms with Crippen molar-refractivity contribution in [3.63, 3.8) is 0 Å². The highest BCUT2D eigenvalue weighted by Gasteiger charge is 2.27. The van der Waals surface area contributed by atoms with Crippen LogP contribution in [-0.4, -0.2) is 55.5 Å². The van der Waals surface area contributed by atoms with E-state index < -0.39 is 0 Å². The predicted octanol–water partition coefficient (Wildman–Crippen LogP) is 3.43. The summed E-state index contributed by atoms with van der Waals surface area (Å²) in [5, 5.41) is 0. The van der Waals surface area contributed by atoms with Crippen LogP contribution >= 0.6 is 0 Å². The summed E-state index contributed by atoms with van der Waals surface area (Å²) in [4.78, 5) is 17.2. The molecule has 1 aromatic carbocycles. The number of amides is 1. The van der Waals surface area contributed by atoms with Gasteiger partial charge in [0.05, 0.1) is 7.11 Å². The Balaban J connectivity index is 1.30. The minimum absolute atomic E-state index is 0.0269. The maximum atomic E-state index is 12.8. The summed E-state index contributed by atoms with van der Waals surface area (Å²) in [6, 6.07) is 11.0. The second-order valence-corrected chi connectivity index (χ2v) is 7.62. The van der Waals surface area contributed by atoms with Crippen molar-refractivity contribution in [2.45, 2.75) is 25.9 Å². The monoisotopic (exact) mass is 384 g/mol. The molecule has 2 aliphatic rings. The van der Waals surface area contributed by atoms with E-state index in [4.69, 9.17) is 13.9 Å². The van der Waals surface area contributed by atoms with Crippen LogP contribution in [0, 0.1) is 5.92 Å². The zero-order chi connectivity index (χ0) is 19.3. The Hall–Kier alpha value is -2.47. The number of benzene rings is 1. The van der Waals surface area contributed by atoms with E-state index in [0.717, 1.165) is 44.3 Å². The topological polar surface area (TPSA) is 55.2 Å². The summed E-state index contributed by atoms with van der Waals surface area (Å²) < 4.78 is 16.7. The molecule has 1 saturated carbocycles. The van der Waals surface area contributed by atoms with Crippen molar-refractivity contribution < 1.29 is 18.7 Å². The van der Waals surface area contributed by atoms with Crippen molar-refractivity contribution in [1.82, 2.24) is 9.80 Å². The minimum Gasteiger partial charge on any atom is -0.497 e. The Morgan fingerprint density at radius 3 is 2.79 bits per heavy atom. The van der Waals surface area contributed by atoms with Crippen LogP contribution in [0.4, 0.5) is 0 Å². The molecule has 28 heavy (non-hydrogen) atoms. The standard InChI is InChI=1S/C22H28N2O4/c1-26-18-4-2-5-19(14-18)27-16-20-8-9-21(28-20)22(25)24-11-3-10-23(12-13-24)15-17-6-7-17/h2,4-5,8-9,14,17H,3,6-7,10-13,15-16H2,1H3. The summed E-state index contributed by atoms with van der Waals surface area (Å²) in [5.41, 5.74) is 0. The van der Waals surface area contributed by atoms with E-state index in [1.54, 1.807) is 13.2 Å². The molecule has 0 radical (unpaired) electrons. The molecule has 0 spiro atoms. The van der Waals surface area contributed by atoms with Gasteiger partial charge in [0.25, 0.3) is 5.91 Å². The summed E-state index contributed by atoms with van der Waals surface area (Å²) >= 11 is 0. The molecule has 1 amide bonds. The average molecular weight is 384 g/mol. The number of hydrogen-bond acceptors (Lipinski definition) is 5. The normalized spacial score (nSPS) is 18.0. The molecule has 0 N–H and O–H groups in total. The van der Waals surface area contributed by atoms with Crippen LogP contribution in [0.15, 0.2) is 40.8 Å². The first-order valence-electron chi connectivity index (χ1n) is 10.1. The Kier molecular flexibility index (Phi) is 5.86. The molecule has 6 heteroatoms. The van der Waals surface area contributed by atoms with E-state index >= 15 is 0 Å². The lowest BCUT2D eigenvalue weighted by molar-refractivity contribution is 0.0725. The van der Waals surface area contributed by atoms with Crippen molar-refractivity contribution in [1.29, 1.82) is 0 Å². The maximum Gasteiger partial charge on any atom is 0.289 e. The van der Waals surface area contributed by atoms with Gasteiger partial charge >= 0.3 is 0 Å². The number of nitrogens with zero attached hydrogens (tertiary/aromatic N) is 2. The van der Waals surface area contributed by atoms with Crippen molar-refractivity contribution in [3.05, 3.63) is 47.9 Å². The number of carbonyl (C=O) groups excluding carboxylic acids is 1. The molecule has 150 valence electrons. The second-order valence-electron chi connectivity index (χ2n) is 7.62. The molecule has 1 aromatic heterocycles. The molecule has 1 aliphatic carbocycles. The Bertz CT molecular complexity index is 799. The van der Waals surface area contributed by atoms with E-state index in [0.29, 0.717) is 17.3 Å². The highest BCUT2D eigenvalue weighted by atomic mass is 16.5. The molecule has 0 bridgehead atoms. The molecule has 0 atom stereocenters. The molecular formula is C22H28N2O4. The number of hydrogen-bond donors (Lipinski definition) is 0. The van der Waals surface area contributed by atoms with Crippen LogP contribution in [0.2, 0.25) is 0 Å². The highest BCUT2D eigenvalue weighted by Crippen LogP contribution is 2.30. The third-order valence-corrected chi connectivity index (χ3v) is 5.38. The number of ether oxygens (including phenoxy) is 2. The Labute approximate surface area is 166 Å². The Morgan fingerprint density at radius 2 is 1.96 bits per heavy atom. The fraction of sp³-hybridized carbons (Fsp3) is 0.500. The van der Waals surface area contributed by atoms with Crippen LogP contribution < -0.4 is 9.47 Å². The van der Waals surface area contributed by atoms with Gasteiger partial charge in [-0.25, -0.2) is 0 Å². The molecule has 4 rings (SSSR count). The Morgan fingerprint density at radius 1 is 1.11 bits per heavy atom. The molecule has 0 unspecified atom stereocenters. The average Bonchev–Trinajstić information content (AvgIpc) is 3.47. The SMILES string of the molecule is COc1cccc(OCc2ccc(C(=O)N3CCCN(CC4CC4)CC3)o2)c1. The zero-order valence-corrected chi connectivity index (χ0v) is 16.4. The fourth-order valence-electron chi connectivity index (χ4n) is 3.59.